The van der Waals surface area contributed by atoms with E-state index in [4.69, 9.17) is 19.9 Å². The SMILES string of the molecule is CC(C)C1CC(CN=C(N)Nc2ccc3c(c2)OCCCO3)CCO1. The molecule has 2 aliphatic heterocycles. The Morgan fingerprint density at radius 3 is 2.84 bits per heavy atom. The van der Waals surface area contributed by atoms with E-state index in [1.54, 1.807) is 0 Å². The number of anilines is 1. The van der Waals surface area contributed by atoms with Gasteiger partial charge < -0.3 is 25.3 Å². The zero-order valence-corrected chi connectivity index (χ0v) is 15.2. The summed E-state index contributed by atoms with van der Waals surface area (Å²) in [5, 5.41) is 3.15. The molecule has 0 saturated carbocycles. The Balaban J connectivity index is 1.55. The third-order valence-electron chi connectivity index (χ3n) is 4.71. The normalized spacial score (nSPS) is 24.0. The average molecular weight is 347 g/mol. The van der Waals surface area contributed by atoms with Crippen molar-refractivity contribution in [2.45, 2.75) is 39.2 Å². The maximum Gasteiger partial charge on any atom is 0.193 e. The molecule has 2 unspecified atom stereocenters. The van der Waals surface area contributed by atoms with Crippen molar-refractivity contribution in [1.82, 2.24) is 0 Å². The zero-order chi connectivity index (χ0) is 17.6. The van der Waals surface area contributed by atoms with Crippen LogP contribution in [0, 0.1) is 11.8 Å². The maximum atomic E-state index is 6.06. The number of rotatable bonds is 4. The fourth-order valence-corrected chi connectivity index (χ4v) is 3.19. The standard InChI is InChI=1S/C19H29N3O3/c1-13(2)17-10-14(6-9-25-17)12-21-19(20)22-15-4-5-16-18(11-15)24-8-3-7-23-16/h4-5,11,13-14,17H,3,6-10,12H2,1-2H3,(H3,20,21,22). The van der Waals surface area contributed by atoms with E-state index in [2.05, 4.69) is 24.2 Å². The predicted octanol–water partition coefficient (Wildman–Crippen LogP) is 3.03. The van der Waals surface area contributed by atoms with Crippen molar-refractivity contribution in [1.29, 1.82) is 0 Å². The number of guanidine groups is 1. The molecule has 2 heterocycles. The quantitative estimate of drug-likeness (QED) is 0.646. The molecule has 1 aromatic carbocycles. The van der Waals surface area contributed by atoms with Crippen LogP contribution in [0.1, 0.15) is 33.1 Å². The number of nitrogens with one attached hydrogen (secondary N) is 1. The number of fused-ring (bicyclic) bond motifs is 1. The number of nitrogens with zero attached hydrogens (tertiary/aromatic N) is 1. The van der Waals surface area contributed by atoms with Crippen LogP contribution in [-0.2, 0) is 4.74 Å². The molecule has 0 radical (unpaired) electrons. The van der Waals surface area contributed by atoms with E-state index in [0.29, 0.717) is 37.1 Å². The fourth-order valence-electron chi connectivity index (χ4n) is 3.19. The minimum Gasteiger partial charge on any atom is -0.490 e. The van der Waals surface area contributed by atoms with E-state index >= 15 is 0 Å². The summed E-state index contributed by atoms with van der Waals surface area (Å²) in [5.74, 6) is 3.04. The third kappa shape index (κ3) is 5.01. The van der Waals surface area contributed by atoms with Crippen LogP contribution in [0.5, 0.6) is 11.5 Å². The van der Waals surface area contributed by atoms with Gasteiger partial charge >= 0.3 is 0 Å². The molecule has 3 rings (SSSR count). The van der Waals surface area contributed by atoms with Gasteiger partial charge in [0.1, 0.15) is 0 Å². The van der Waals surface area contributed by atoms with E-state index in [9.17, 15) is 0 Å². The number of nitrogens with two attached hydrogens (primary N) is 1. The van der Waals surface area contributed by atoms with Crippen molar-refractivity contribution in [2.24, 2.45) is 22.6 Å². The van der Waals surface area contributed by atoms with E-state index in [1.807, 2.05) is 18.2 Å². The molecule has 0 aliphatic carbocycles. The van der Waals surface area contributed by atoms with Crippen LogP contribution in [0.15, 0.2) is 23.2 Å². The summed E-state index contributed by atoms with van der Waals surface area (Å²) in [4.78, 5) is 4.52. The van der Waals surface area contributed by atoms with Gasteiger partial charge in [-0.1, -0.05) is 13.8 Å². The number of hydrogen-bond donors (Lipinski definition) is 2. The van der Waals surface area contributed by atoms with Crippen LogP contribution in [0.2, 0.25) is 0 Å². The largest absolute Gasteiger partial charge is 0.490 e. The van der Waals surface area contributed by atoms with E-state index in [-0.39, 0.29) is 0 Å². The monoisotopic (exact) mass is 347 g/mol. The van der Waals surface area contributed by atoms with Crippen molar-refractivity contribution in [3.8, 4) is 11.5 Å². The number of aliphatic imine (C=N–C) groups is 1. The molecule has 0 bridgehead atoms. The minimum atomic E-state index is 0.338. The van der Waals surface area contributed by atoms with Crippen molar-refractivity contribution in [3.05, 3.63) is 18.2 Å². The highest BCUT2D eigenvalue weighted by atomic mass is 16.5. The first-order valence-electron chi connectivity index (χ1n) is 9.20. The highest BCUT2D eigenvalue weighted by Gasteiger charge is 2.24. The van der Waals surface area contributed by atoms with Crippen molar-refractivity contribution in [2.75, 3.05) is 31.7 Å². The van der Waals surface area contributed by atoms with Gasteiger partial charge in [0.2, 0.25) is 0 Å². The lowest BCUT2D eigenvalue weighted by atomic mass is 9.90. The molecular weight excluding hydrogens is 318 g/mol. The number of ether oxygens (including phenoxy) is 3. The van der Waals surface area contributed by atoms with Crippen LogP contribution in [-0.4, -0.2) is 38.4 Å². The summed E-state index contributed by atoms with van der Waals surface area (Å²) in [6.07, 6.45) is 3.33. The lowest BCUT2D eigenvalue weighted by Gasteiger charge is -2.31. The van der Waals surface area contributed by atoms with Gasteiger partial charge in [0.15, 0.2) is 17.5 Å². The first-order valence-corrected chi connectivity index (χ1v) is 9.20. The summed E-state index contributed by atoms with van der Waals surface area (Å²) < 4.78 is 17.2. The van der Waals surface area contributed by atoms with Gasteiger partial charge in [-0.15, -0.1) is 0 Å². The van der Waals surface area contributed by atoms with Gasteiger partial charge in [-0.2, -0.15) is 0 Å². The van der Waals surface area contributed by atoms with E-state index in [1.165, 1.54) is 0 Å². The molecule has 6 heteroatoms. The first-order chi connectivity index (χ1) is 12.1. The minimum absolute atomic E-state index is 0.338. The lowest BCUT2D eigenvalue weighted by molar-refractivity contribution is -0.0320. The topological polar surface area (TPSA) is 78.1 Å². The second-order valence-electron chi connectivity index (χ2n) is 7.11. The Labute approximate surface area is 149 Å². The Morgan fingerprint density at radius 1 is 1.24 bits per heavy atom. The van der Waals surface area contributed by atoms with Gasteiger partial charge in [-0.25, -0.2) is 0 Å². The molecule has 3 N–H and O–H groups in total. The van der Waals surface area contributed by atoms with Crippen molar-refractivity contribution >= 4 is 11.6 Å². The number of hydrogen-bond acceptors (Lipinski definition) is 4. The van der Waals surface area contributed by atoms with Crippen LogP contribution < -0.4 is 20.5 Å². The summed E-state index contributed by atoms with van der Waals surface area (Å²) >= 11 is 0. The maximum absolute atomic E-state index is 6.06. The molecule has 1 saturated heterocycles. The number of benzene rings is 1. The first kappa shape index (κ1) is 17.9. The van der Waals surface area contributed by atoms with Crippen molar-refractivity contribution < 1.29 is 14.2 Å². The van der Waals surface area contributed by atoms with Crippen LogP contribution in [0.3, 0.4) is 0 Å². The Kier molecular flexibility index (Phi) is 6.02. The second kappa shape index (κ2) is 8.43. The molecule has 1 fully saturated rings. The molecule has 25 heavy (non-hydrogen) atoms. The summed E-state index contributed by atoms with van der Waals surface area (Å²) in [6.45, 7) is 7.31. The lowest BCUT2D eigenvalue weighted by Crippen LogP contribution is -2.32. The summed E-state index contributed by atoms with van der Waals surface area (Å²) in [6, 6.07) is 5.74. The summed E-state index contributed by atoms with van der Waals surface area (Å²) in [7, 11) is 0. The van der Waals surface area contributed by atoms with E-state index < -0.39 is 0 Å². The van der Waals surface area contributed by atoms with Gasteiger partial charge in [-0.3, -0.25) is 4.99 Å². The predicted molar refractivity (Wildman–Crippen MR) is 99.5 cm³/mol. The smallest absolute Gasteiger partial charge is 0.193 e. The van der Waals surface area contributed by atoms with E-state index in [0.717, 1.165) is 49.6 Å². The molecule has 2 atom stereocenters. The molecule has 2 aliphatic rings. The van der Waals surface area contributed by atoms with Gasteiger partial charge in [-0.05, 0) is 36.8 Å². The average Bonchev–Trinajstić information content (AvgIpc) is 2.85. The Bertz CT molecular complexity index is 604. The second-order valence-corrected chi connectivity index (χ2v) is 7.11. The summed E-state index contributed by atoms with van der Waals surface area (Å²) in [5.41, 5.74) is 6.92. The molecule has 1 aromatic rings. The molecule has 0 amide bonds. The highest BCUT2D eigenvalue weighted by molar-refractivity contribution is 5.92. The highest BCUT2D eigenvalue weighted by Crippen LogP contribution is 2.32. The van der Waals surface area contributed by atoms with Gasteiger partial charge in [0.25, 0.3) is 0 Å². The Morgan fingerprint density at radius 2 is 2.04 bits per heavy atom. The zero-order valence-electron chi connectivity index (χ0n) is 15.2. The fraction of sp³-hybridized carbons (Fsp3) is 0.632. The Hall–Kier alpha value is -1.95. The van der Waals surface area contributed by atoms with Crippen molar-refractivity contribution in [3.63, 3.8) is 0 Å². The molecule has 6 nitrogen and oxygen atoms in total. The van der Waals surface area contributed by atoms with Gasteiger partial charge in [0, 0.05) is 31.3 Å². The molecule has 138 valence electrons. The van der Waals surface area contributed by atoms with Crippen LogP contribution in [0.25, 0.3) is 0 Å². The van der Waals surface area contributed by atoms with Gasteiger partial charge in [0.05, 0.1) is 19.3 Å². The third-order valence-corrected chi connectivity index (χ3v) is 4.71. The van der Waals surface area contributed by atoms with Crippen LogP contribution >= 0.6 is 0 Å². The molecule has 0 aromatic heterocycles. The van der Waals surface area contributed by atoms with Crippen LogP contribution in [0.4, 0.5) is 5.69 Å². The molecule has 0 spiro atoms. The molecular formula is C19H29N3O3.